The Labute approximate surface area is 140 Å². The van der Waals surface area contributed by atoms with E-state index in [0.29, 0.717) is 18.7 Å². The number of aliphatic hydroxyl groups is 1. The van der Waals surface area contributed by atoms with E-state index in [4.69, 9.17) is 0 Å². The summed E-state index contributed by atoms with van der Waals surface area (Å²) >= 11 is 0. The Morgan fingerprint density at radius 1 is 1.04 bits per heavy atom. The Balaban J connectivity index is 1.74. The lowest BCUT2D eigenvalue weighted by Crippen LogP contribution is -2.30. The highest BCUT2D eigenvalue weighted by atomic mass is 16.3. The molecule has 2 aromatic heterocycles. The fourth-order valence-electron chi connectivity index (χ4n) is 2.76. The second kappa shape index (κ2) is 7.86. The fourth-order valence-corrected chi connectivity index (χ4v) is 2.76. The van der Waals surface area contributed by atoms with Crippen molar-refractivity contribution in [1.82, 2.24) is 14.3 Å². The number of hydrogen-bond donors (Lipinski definition) is 1. The molecule has 0 radical (unpaired) electrons. The summed E-state index contributed by atoms with van der Waals surface area (Å²) in [5.41, 5.74) is 2.55. The average molecular weight is 323 g/mol. The molecule has 124 valence electrons. The van der Waals surface area contributed by atoms with Crippen molar-refractivity contribution in [2.24, 2.45) is 0 Å². The van der Waals surface area contributed by atoms with Crippen molar-refractivity contribution >= 4 is 5.65 Å². The summed E-state index contributed by atoms with van der Waals surface area (Å²) in [4.78, 5) is 18.8. The van der Waals surface area contributed by atoms with Gasteiger partial charge in [-0.1, -0.05) is 36.4 Å². The molecule has 3 rings (SSSR count). The number of aliphatic hydroxyl groups excluding tert-OH is 1. The zero-order chi connectivity index (χ0) is 16.8. The minimum Gasteiger partial charge on any atom is -0.395 e. The minimum absolute atomic E-state index is 0.0809. The number of hydrogen-bond acceptors (Lipinski definition) is 4. The maximum absolute atomic E-state index is 12.2. The van der Waals surface area contributed by atoms with Gasteiger partial charge in [0.05, 0.1) is 12.3 Å². The highest BCUT2D eigenvalue weighted by Gasteiger charge is 2.09. The SMILES string of the molecule is O=c1cc(CN(CCO)CCc2ccccc2)nc2ccccn12. The maximum Gasteiger partial charge on any atom is 0.258 e. The smallest absolute Gasteiger partial charge is 0.258 e. The van der Waals surface area contributed by atoms with E-state index in [2.05, 4.69) is 22.0 Å². The van der Waals surface area contributed by atoms with Crippen LogP contribution in [0.3, 0.4) is 0 Å². The summed E-state index contributed by atoms with van der Waals surface area (Å²) in [6.45, 7) is 2.00. The second-order valence-corrected chi connectivity index (χ2v) is 5.75. The zero-order valence-electron chi connectivity index (χ0n) is 13.5. The highest BCUT2D eigenvalue weighted by molar-refractivity contribution is 5.37. The molecule has 0 amide bonds. The zero-order valence-corrected chi connectivity index (χ0v) is 13.5. The fraction of sp³-hybridized carbons (Fsp3) is 0.263. The second-order valence-electron chi connectivity index (χ2n) is 5.75. The molecule has 24 heavy (non-hydrogen) atoms. The molecule has 1 N–H and O–H groups in total. The summed E-state index contributed by atoms with van der Waals surface area (Å²) in [6.07, 6.45) is 2.61. The minimum atomic E-state index is -0.0809. The molecule has 0 atom stereocenters. The Morgan fingerprint density at radius 3 is 2.62 bits per heavy atom. The number of rotatable bonds is 7. The van der Waals surface area contributed by atoms with Gasteiger partial charge >= 0.3 is 0 Å². The summed E-state index contributed by atoms with van der Waals surface area (Å²) in [7, 11) is 0. The van der Waals surface area contributed by atoms with Crippen LogP contribution in [0, 0.1) is 0 Å². The van der Waals surface area contributed by atoms with E-state index in [1.54, 1.807) is 12.3 Å². The lowest BCUT2D eigenvalue weighted by atomic mass is 10.1. The lowest BCUT2D eigenvalue weighted by molar-refractivity contribution is 0.190. The summed E-state index contributed by atoms with van der Waals surface area (Å²) in [5, 5.41) is 9.31. The van der Waals surface area contributed by atoms with Gasteiger partial charge in [0.25, 0.3) is 5.56 Å². The van der Waals surface area contributed by atoms with Crippen LogP contribution < -0.4 is 5.56 Å². The van der Waals surface area contributed by atoms with Gasteiger partial charge in [0, 0.05) is 31.9 Å². The van der Waals surface area contributed by atoms with Crippen LogP contribution in [0.15, 0.2) is 65.6 Å². The number of pyridine rings is 1. The topological polar surface area (TPSA) is 57.8 Å². The number of benzene rings is 1. The first-order valence-electron chi connectivity index (χ1n) is 8.11. The summed E-state index contributed by atoms with van der Waals surface area (Å²) in [6, 6.07) is 17.3. The third-order valence-electron chi connectivity index (χ3n) is 3.99. The predicted octanol–water partition coefficient (Wildman–Crippen LogP) is 1.73. The molecule has 5 heteroatoms. The number of nitrogens with zero attached hydrogens (tertiary/aromatic N) is 3. The molecule has 3 aromatic rings. The molecule has 0 unspecified atom stereocenters. The van der Waals surface area contributed by atoms with E-state index >= 15 is 0 Å². The third-order valence-corrected chi connectivity index (χ3v) is 3.99. The third kappa shape index (κ3) is 4.07. The first kappa shape index (κ1) is 16.4. The van der Waals surface area contributed by atoms with Gasteiger partial charge in [-0.3, -0.25) is 14.1 Å². The molecule has 0 fully saturated rings. The lowest BCUT2D eigenvalue weighted by Gasteiger charge is -2.21. The van der Waals surface area contributed by atoms with Crippen LogP contribution in [0.25, 0.3) is 5.65 Å². The van der Waals surface area contributed by atoms with Crippen molar-refractivity contribution in [3.8, 4) is 0 Å². The summed E-state index contributed by atoms with van der Waals surface area (Å²) in [5.74, 6) is 0. The molecule has 0 aliphatic rings. The van der Waals surface area contributed by atoms with E-state index < -0.39 is 0 Å². The first-order chi connectivity index (χ1) is 11.8. The average Bonchev–Trinajstić information content (AvgIpc) is 2.61. The molecule has 1 aromatic carbocycles. The Bertz CT molecular complexity index is 846. The van der Waals surface area contributed by atoms with Gasteiger partial charge in [-0.15, -0.1) is 0 Å². The predicted molar refractivity (Wildman–Crippen MR) is 94.0 cm³/mol. The maximum atomic E-state index is 12.2. The van der Waals surface area contributed by atoms with E-state index in [1.807, 2.05) is 36.4 Å². The first-order valence-corrected chi connectivity index (χ1v) is 8.11. The van der Waals surface area contributed by atoms with E-state index in [1.165, 1.54) is 9.96 Å². The van der Waals surface area contributed by atoms with Crippen molar-refractivity contribution in [3.05, 3.63) is 82.4 Å². The molecule has 0 saturated heterocycles. The quantitative estimate of drug-likeness (QED) is 0.719. The molecular weight excluding hydrogens is 302 g/mol. The normalized spacial score (nSPS) is 11.2. The van der Waals surface area contributed by atoms with Crippen LogP contribution in [0.4, 0.5) is 0 Å². The van der Waals surface area contributed by atoms with Crippen LogP contribution >= 0.6 is 0 Å². The summed E-state index contributed by atoms with van der Waals surface area (Å²) < 4.78 is 1.53. The van der Waals surface area contributed by atoms with Gasteiger partial charge in [-0.25, -0.2) is 4.98 Å². The van der Waals surface area contributed by atoms with Gasteiger partial charge in [-0.05, 0) is 24.1 Å². The van der Waals surface area contributed by atoms with E-state index in [9.17, 15) is 9.90 Å². The van der Waals surface area contributed by atoms with Crippen molar-refractivity contribution in [2.75, 3.05) is 19.7 Å². The van der Waals surface area contributed by atoms with Crippen molar-refractivity contribution in [3.63, 3.8) is 0 Å². The molecule has 0 aliphatic heterocycles. The molecule has 0 spiro atoms. The largest absolute Gasteiger partial charge is 0.395 e. The Kier molecular flexibility index (Phi) is 5.36. The van der Waals surface area contributed by atoms with Crippen LogP contribution in [0.1, 0.15) is 11.3 Å². The van der Waals surface area contributed by atoms with Gasteiger partial charge in [0.15, 0.2) is 0 Å². The highest BCUT2D eigenvalue weighted by Crippen LogP contribution is 2.06. The van der Waals surface area contributed by atoms with Gasteiger partial charge in [-0.2, -0.15) is 0 Å². The Morgan fingerprint density at radius 2 is 1.83 bits per heavy atom. The number of aromatic nitrogens is 2. The monoisotopic (exact) mass is 323 g/mol. The van der Waals surface area contributed by atoms with Crippen LogP contribution in [0.2, 0.25) is 0 Å². The molecule has 0 saturated carbocycles. The van der Waals surface area contributed by atoms with Crippen molar-refractivity contribution in [1.29, 1.82) is 0 Å². The molecule has 0 bridgehead atoms. The molecular formula is C19H21N3O2. The van der Waals surface area contributed by atoms with Crippen LogP contribution in [0.5, 0.6) is 0 Å². The number of fused-ring (bicyclic) bond motifs is 1. The van der Waals surface area contributed by atoms with Crippen LogP contribution in [-0.4, -0.2) is 39.1 Å². The van der Waals surface area contributed by atoms with Gasteiger partial charge in [0.1, 0.15) is 5.65 Å². The van der Waals surface area contributed by atoms with Gasteiger partial charge < -0.3 is 5.11 Å². The Hall–Kier alpha value is -2.50. The van der Waals surface area contributed by atoms with Crippen molar-refractivity contribution in [2.45, 2.75) is 13.0 Å². The standard InChI is InChI=1S/C19H21N3O2/c23-13-12-21(11-9-16-6-2-1-3-7-16)15-17-14-19(24)22-10-5-4-8-18(22)20-17/h1-8,10,14,23H,9,11-13,15H2. The molecule has 0 aliphatic carbocycles. The molecule has 5 nitrogen and oxygen atoms in total. The van der Waals surface area contributed by atoms with E-state index in [-0.39, 0.29) is 12.2 Å². The van der Waals surface area contributed by atoms with Crippen molar-refractivity contribution < 1.29 is 5.11 Å². The van der Waals surface area contributed by atoms with Gasteiger partial charge in [0.2, 0.25) is 0 Å². The van der Waals surface area contributed by atoms with Crippen LogP contribution in [-0.2, 0) is 13.0 Å². The van der Waals surface area contributed by atoms with E-state index in [0.717, 1.165) is 18.7 Å². The molecule has 2 heterocycles.